The average Bonchev–Trinajstić information content (AvgIpc) is 2.62. The van der Waals surface area contributed by atoms with E-state index in [0.29, 0.717) is 12.5 Å². The number of hydrogen-bond donors (Lipinski definition) is 2. The zero-order valence-corrected chi connectivity index (χ0v) is 11.1. The first-order valence-electron chi connectivity index (χ1n) is 6.64. The molecular formula is C14H22N2O2. The molecule has 0 spiro atoms. The van der Waals surface area contributed by atoms with Crippen LogP contribution in [0.15, 0.2) is 18.3 Å². The lowest BCUT2D eigenvalue weighted by atomic mass is 9.92. The number of nitrogens with one attached hydrogen (secondary N) is 1. The van der Waals surface area contributed by atoms with Gasteiger partial charge in [-0.15, -0.1) is 0 Å². The molecule has 0 bridgehead atoms. The van der Waals surface area contributed by atoms with Crippen molar-refractivity contribution in [3.63, 3.8) is 0 Å². The normalized spacial score (nSPS) is 16.4. The maximum Gasteiger partial charge on any atom is 0.268 e. The van der Waals surface area contributed by atoms with Crippen LogP contribution in [0.3, 0.4) is 0 Å². The summed E-state index contributed by atoms with van der Waals surface area (Å²) in [6, 6.07) is 4.27. The molecule has 0 unspecified atom stereocenters. The Labute approximate surface area is 108 Å². The molecule has 0 saturated heterocycles. The summed E-state index contributed by atoms with van der Waals surface area (Å²) in [6.45, 7) is 3.94. The van der Waals surface area contributed by atoms with Gasteiger partial charge >= 0.3 is 0 Å². The number of carbonyl (C=O) groups is 1. The first-order chi connectivity index (χ1) is 8.53. The van der Waals surface area contributed by atoms with Crippen LogP contribution in [-0.2, 0) is 0 Å². The van der Waals surface area contributed by atoms with E-state index in [1.54, 1.807) is 0 Å². The zero-order valence-electron chi connectivity index (χ0n) is 11.1. The van der Waals surface area contributed by atoms with Gasteiger partial charge in [0.25, 0.3) is 5.91 Å². The van der Waals surface area contributed by atoms with E-state index in [9.17, 15) is 4.79 Å². The number of aromatic nitrogens is 1. The largest absolute Gasteiger partial charge is 0.396 e. The van der Waals surface area contributed by atoms with Gasteiger partial charge in [-0.3, -0.25) is 4.79 Å². The van der Waals surface area contributed by atoms with E-state index in [1.807, 2.05) is 32.2 Å². The Morgan fingerprint density at radius 2 is 2.28 bits per heavy atom. The summed E-state index contributed by atoms with van der Waals surface area (Å²) < 4.78 is 2.08. The minimum absolute atomic E-state index is 0.0506. The molecule has 0 atom stereocenters. The van der Waals surface area contributed by atoms with E-state index in [1.165, 1.54) is 6.42 Å². The predicted molar refractivity (Wildman–Crippen MR) is 70.6 cm³/mol. The molecule has 1 saturated carbocycles. The molecule has 0 aliphatic heterocycles. The Hall–Kier alpha value is -1.29. The monoisotopic (exact) mass is 250 g/mol. The van der Waals surface area contributed by atoms with E-state index >= 15 is 0 Å². The molecule has 1 heterocycles. The molecule has 18 heavy (non-hydrogen) atoms. The van der Waals surface area contributed by atoms with E-state index in [4.69, 9.17) is 5.11 Å². The highest BCUT2D eigenvalue weighted by atomic mass is 16.3. The highest BCUT2D eigenvalue weighted by Crippen LogP contribution is 2.32. The molecule has 2 N–H and O–H groups in total. The van der Waals surface area contributed by atoms with Crippen molar-refractivity contribution in [2.75, 3.05) is 6.61 Å². The first-order valence-corrected chi connectivity index (χ1v) is 6.64. The van der Waals surface area contributed by atoms with Crippen LogP contribution in [0.25, 0.3) is 0 Å². The third kappa shape index (κ3) is 2.75. The van der Waals surface area contributed by atoms with Gasteiger partial charge in [0.2, 0.25) is 0 Å². The van der Waals surface area contributed by atoms with Gasteiger partial charge in [0, 0.05) is 24.4 Å². The SMILES string of the molecule is CC(C)(CCO)NC(=O)c1cccn1C1CCC1. The standard InChI is InChI=1S/C14H22N2O2/c1-14(2,8-10-17)15-13(18)12-7-4-9-16(12)11-5-3-6-11/h4,7,9,11,17H,3,5-6,8,10H2,1-2H3,(H,15,18). The van der Waals surface area contributed by atoms with Gasteiger partial charge in [-0.2, -0.15) is 0 Å². The topological polar surface area (TPSA) is 54.3 Å². The molecule has 2 rings (SSSR count). The fourth-order valence-corrected chi connectivity index (χ4v) is 2.28. The van der Waals surface area contributed by atoms with E-state index < -0.39 is 0 Å². The summed E-state index contributed by atoms with van der Waals surface area (Å²) in [5, 5.41) is 12.0. The van der Waals surface area contributed by atoms with Crippen molar-refractivity contribution in [2.24, 2.45) is 0 Å². The number of aliphatic hydroxyl groups excluding tert-OH is 1. The number of rotatable bonds is 5. The molecule has 100 valence electrons. The Morgan fingerprint density at radius 3 is 2.83 bits per heavy atom. The van der Waals surface area contributed by atoms with Gasteiger partial charge in [0.15, 0.2) is 0 Å². The summed E-state index contributed by atoms with van der Waals surface area (Å²) in [4.78, 5) is 12.2. The molecule has 1 aliphatic rings. The molecule has 4 nitrogen and oxygen atoms in total. The average molecular weight is 250 g/mol. The molecular weight excluding hydrogens is 228 g/mol. The van der Waals surface area contributed by atoms with Crippen molar-refractivity contribution in [3.05, 3.63) is 24.0 Å². The van der Waals surface area contributed by atoms with Crippen molar-refractivity contribution in [3.8, 4) is 0 Å². The summed E-state index contributed by atoms with van der Waals surface area (Å²) in [5.74, 6) is -0.0506. The Kier molecular flexibility index (Phi) is 3.76. The fourth-order valence-electron chi connectivity index (χ4n) is 2.28. The van der Waals surface area contributed by atoms with Crippen molar-refractivity contribution in [1.82, 2.24) is 9.88 Å². The Balaban J connectivity index is 2.07. The van der Waals surface area contributed by atoms with Gasteiger partial charge in [-0.1, -0.05) is 0 Å². The second-order valence-electron chi connectivity index (χ2n) is 5.70. The molecule has 1 aromatic heterocycles. The highest BCUT2D eigenvalue weighted by molar-refractivity contribution is 5.93. The molecule has 1 aromatic rings. The van der Waals surface area contributed by atoms with Crippen molar-refractivity contribution in [2.45, 2.75) is 51.1 Å². The van der Waals surface area contributed by atoms with Crippen LogP contribution in [0.5, 0.6) is 0 Å². The lowest BCUT2D eigenvalue weighted by Crippen LogP contribution is -2.44. The van der Waals surface area contributed by atoms with Crippen LogP contribution >= 0.6 is 0 Å². The quantitative estimate of drug-likeness (QED) is 0.841. The van der Waals surface area contributed by atoms with E-state index in [-0.39, 0.29) is 18.1 Å². The molecule has 4 heteroatoms. The summed E-state index contributed by atoms with van der Waals surface area (Å²) in [5.41, 5.74) is 0.353. The third-order valence-electron chi connectivity index (χ3n) is 3.67. The number of aliphatic hydroxyl groups is 1. The van der Waals surface area contributed by atoms with Crippen LogP contribution < -0.4 is 5.32 Å². The van der Waals surface area contributed by atoms with Gasteiger partial charge in [-0.05, 0) is 51.7 Å². The maximum atomic E-state index is 12.2. The van der Waals surface area contributed by atoms with Gasteiger partial charge in [0.05, 0.1) is 0 Å². The van der Waals surface area contributed by atoms with Crippen molar-refractivity contribution < 1.29 is 9.90 Å². The van der Waals surface area contributed by atoms with Crippen LogP contribution in [-0.4, -0.2) is 27.7 Å². The van der Waals surface area contributed by atoms with Gasteiger partial charge in [0.1, 0.15) is 5.69 Å². The van der Waals surface area contributed by atoms with E-state index in [0.717, 1.165) is 18.5 Å². The summed E-state index contributed by atoms with van der Waals surface area (Å²) >= 11 is 0. The Morgan fingerprint density at radius 1 is 1.56 bits per heavy atom. The van der Waals surface area contributed by atoms with Crippen molar-refractivity contribution in [1.29, 1.82) is 0 Å². The number of carbonyl (C=O) groups excluding carboxylic acids is 1. The Bertz CT molecular complexity index is 419. The van der Waals surface area contributed by atoms with Gasteiger partial charge in [-0.25, -0.2) is 0 Å². The van der Waals surface area contributed by atoms with Crippen LogP contribution in [0.2, 0.25) is 0 Å². The lowest BCUT2D eigenvalue weighted by molar-refractivity contribution is 0.0884. The predicted octanol–water partition coefficient (Wildman–Crippen LogP) is 2.10. The number of amides is 1. The minimum atomic E-state index is -0.374. The molecule has 1 fully saturated rings. The van der Waals surface area contributed by atoms with Crippen LogP contribution in [0.1, 0.15) is 56.1 Å². The second-order valence-corrected chi connectivity index (χ2v) is 5.70. The summed E-state index contributed by atoms with van der Waals surface area (Å²) in [7, 11) is 0. The second kappa shape index (κ2) is 5.14. The first kappa shape index (κ1) is 13.1. The highest BCUT2D eigenvalue weighted by Gasteiger charge is 2.26. The third-order valence-corrected chi connectivity index (χ3v) is 3.67. The molecule has 1 amide bonds. The number of hydrogen-bond acceptors (Lipinski definition) is 2. The minimum Gasteiger partial charge on any atom is -0.396 e. The summed E-state index contributed by atoms with van der Waals surface area (Å²) in [6.07, 6.45) is 6.12. The van der Waals surface area contributed by atoms with Crippen LogP contribution in [0.4, 0.5) is 0 Å². The zero-order chi connectivity index (χ0) is 13.2. The van der Waals surface area contributed by atoms with Crippen LogP contribution in [0, 0.1) is 0 Å². The molecule has 1 aliphatic carbocycles. The fraction of sp³-hybridized carbons (Fsp3) is 0.643. The number of nitrogens with zero attached hydrogens (tertiary/aromatic N) is 1. The van der Waals surface area contributed by atoms with Crippen molar-refractivity contribution >= 4 is 5.91 Å². The molecule has 0 radical (unpaired) electrons. The van der Waals surface area contributed by atoms with E-state index in [2.05, 4.69) is 9.88 Å². The molecule has 0 aromatic carbocycles. The lowest BCUT2D eigenvalue weighted by Gasteiger charge is -2.30. The van der Waals surface area contributed by atoms with Gasteiger partial charge < -0.3 is 15.0 Å². The smallest absolute Gasteiger partial charge is 0.268 e. The maximum absolute atomic E-state index is 12.2.